The quantitative estimate of drug-likeness (QED) is 0.330. The second kappa shape index (κ2) is 7.73. The Labute approximate surface area is 137 Å². The zero-order valence-electron chi connectivity index (χ0n) is 13.0. The van der Waals surface area contributed by atoms with Crippen molar-refractivity contribution in [2.75, 3.05) is 6.61 Å². The fourth-order valence-electron chi connectivity index (χ4n) is 2.50. The number of nitrogens with zero attached hydrogens (tertiary/aromatic N) is 1. The molecule has 0 bridgehead atoms. The number of benzene rings is 1. The third kappa shape index (κ3) is 4.19. The summed E-state index contributed by atoms with van der Waals surface area (Å²) in [6.07, 6.45) is -1.22. The van der Waals surface area contributed by atoms with Gasteiger partial charge in [-0.25, -0.2) is 4.79 Å². The van der Waals surface area contributed by atoms with E-state index in [-0.39, 0.29) is 30.9 Å². The summed E-state index contributed by atoms with van der Waals surface area (Å²) in [4.78, 5) is 33.2. The molecule has 2 rings (SSSR count). The van der Waals surface area contributed by atoms with E-state index in [2.05, 4.69) is 5.32 Å². The number of hydrogen-bond acceptors (Lipinski definition) is 7. The first-order valence-corrected chi connectivity index (χ1v) is 7.40. The van der Waals surface area contributed by atoms with Gasteiger partial charge < -0.3 is 19.9 Å². The van der Waals surface area contributed by atoms with Gasteiger partial charge in [-0.2, -0.15) is 0 Å². The van der Waals surface area contributed by atoms with E-state index in [1.54, 1.807) is 6.92 Å². The van der Waals surface area contributed by atoms with Crippen LogP contribution in [0.2, 0.25) is 0 Å². The molecule has 0 saturated carbocycles. The molecule has 1 amide bonds. The second-order valence-electron chi connectivity index (χ2n) is 5.44. The Morgan fingerprint density at radius 3 is 2.62 bits per heavy atom. The van der Waals surface area contributed by atoms with Crippen molar-refractivity contribution in [3.05, 3.63) is 39.9 Å². The molecule has 24 heavy (non-hydrogen) atoms. The maximum absolute atomic E-state index is 11.7. The number of β-lactam (4-membered cyclic amide) rings is 1. The van der Waals surface area contributed by atoms with E-state index in [9.17, 15) is 19.7 Å². The van der Waals surface area contributed by atoms with Crippen molar-refractivity contribution in [1.82, 2.24) is 5.32 Å². The van der Waals surface area contributed by atoms with Gasteiger partial charge >= 0.3 is 6.16 Å². The molecule has 0 aliphatic carbocycles. The molecule has 1 aliphatic heterocycles. The van der Waals surface area contributed by atoms with E-state index in [1.165, 1.54) is 24.3 Å². The van der Waals surface area contributed by atoms with Gasteiger partial charge in [0, 0.05) is 24.8 Å². The van der Waals surface area contributed by atoms with E-state index in [0.717, 1.165) is 0 Å². The van der Waals surface area contributed by atoms with Gasteiger partial charge in [-0.1, -0.05) is 0 Å². The molecule has 1 aromatic rings. The molecule has 2 N–H and O–H groups in total. The number of ether oxygens (including phenoxy) is 2. The highest BCUT2D eigenvalue weighted by Crippen LogP contribution is 2.24. The summed E-state index contributed by atoms with van der Waals surface area (Å²) in [6, 6.07) is 5.35. The normalized spacial score (nSPS) is 20.5. The molecule has 130 valence electrons. The summed E-state index contributed by atoms with van der Waals surface area (Å²) in [7, 11) is 0. The van der Waals surface area contributed by atoms with Crippen LogP contribution in [0.5, 0.6) is 0 Å². The van der Waals surface area contributed by atoms with Gasteiger partial charge in [0.2, 0.25) is 5.91 Å². The predicted octanol–water partition coefficient (Wildman–Crippen LogP) is 1.13. The van der Waals surface area contributed by atoms with Crippen molar-refractivity contribution < 1.29 is 29.1 Å². The van der Waals surface area contributed by atoms with Crippen LogP contribution >= 0.6 is 0 Å². The van der Waals surface area contributed by atoms with E-state index in [1.807, 2.05) is 0 Å². The average Bonchev–Trinajstić information content (AvgIpc) is 2.52. The molecule has 1 heterocycles. The third-order valence-corrected chi connectivity index (χ3v) is 3.80. The smallest absolute Gasteiger partial charge is 0.430 e. The average molecular weight is 338 g/mol. The summed E-state index contributed by atoms with van der Waals surface area (Å²) >= 11 is 0. The maximum atomic E-state index is 11.7. The number of nitrogens with one attached hydrogen (secondary N) is 1. The topological polar surface area (TPSA) is 128 Å². The number of aliphatic hydroxyl groups excluding tert-OH is 1. The lowest BCUT2D eigenvalue weighted by Crippen LogP contribution is -2.62. The zero-order chi connectivity index (χ0) is 17.7. The van der Waals surface area contributed by atoms with Gasteiger partial charge in [0.25, 0.3) is 5.69 Å². The number of non-ortho nitro benzene ring substituents is 1. The zero-order valence-corrected chi connectivity index (χ0v) is 13.0. The van der Waals surface area contributed by atoms with Crippen LogP contribution < -0.4 is 5.32 Å². The summed E-state index contributed by atoms with van der Waals surface area (Å²) < 4.78 is 10.0. The minimum absolute atomic E-state index is 0.0548. The number of hydrogen-bond donors (Lipinski definition) is 2. The minimum Gasteiger partial charge on any atom is -0.430 e. The van der Waals surface area contributed by atoms with E-state index >= 15 is 0 Å². The number of nitro groups is 1. The molecule has 1 aliphatic rings. The van der Waals surface area contributed by atoms with Crippen molar-refractivity contribution in [1.29, 1.82) is 0 Å². The molecule has 1 unspecified atom stereocenters. The van der Waals surface area contributed by atoms with Crippen molar-refractivity contribution in [2.45, 2.75) is 32.1 Å². The number of nitro benzene ring substituents is 1. The predicted molar refractivity (Wildman–Crippen MR) is 81.0 cm³/mol. The Morgan fingerprint density at radius 2 is 2.08 bits per heavy atom. The summed E-state index contributed by atoms with van der Waals surface area (Å²) in [6.45, 7) is 1.42. The Balaban J connectivity index is 1.80. The van der Waals surface area contributed by atoms with Gasteiger partial charge in [-0.3, -0.25) is 14.9 Å². The third-order valence-electron chi connectivity index (χ3n) is 3.80. The number of carbonyl (C=O) groups is 2. The summed E-state index contributed by atoms with van der Waals surface area (Å²) in [5, 5.41) is 22.1. The highest BCUT2D eigenvalue weighted by Gasteiger charge is 2.44. The summed E-state index contributed by atoms with van der Waals surface area (Å²) in [5.74, 6) is -0.742. The number of amides is 1. The maximum Gasteiger partial charge on any atom is 0.508 e. The molecule has 0 aromatic heterocycles. The van der Waals surface area contributed by atoms with Crippen molar-refractivity contribution in [2.24, 2.45) is 5.92 Å². The van der Waals surface area contributed by atoms with Crippen LogP contribution in [0, 0.1) is 16.0 Å². The van der Waals surface area contributed by atoms with E-state index in [0.29, 0.717) is 12.0 Å². The molecule has 1 aromatic carbocycles. The Morgan fingerprint density at radius 1 is 1.42 bits per heavy atom. The van der Waals surface area contributed by atoms with Crippen molar-refractivity contribution in [3.63, 3.8) is 0 Å². The lowest BCUT2D eigenvalue weighted by molar-refractivity contribution is -0.384. The van der Waals surface area contributed by atoms with Gasteiger partial charge in [0.15, 0.2) is 0 Å². The first-order chi connectivity index (χ1) is 11.4. The first-order valence-electron chi connectivity index (χ1n) is 7.40. The number of rotatable bonds is 7. The second-order valence-corrected chi connectivity index (χ2v) is 5.44. The first kappa shape index (κ1) is 17.7. The highest BCUT2D eigenvalue weighted by atomic mass is 16.7. The monoisotopic (exact) mass is 338 g/mol. The molecule has 9 heteroatoms. The SMILES string of the molecule is CC(OC(=O)OCc1ccc([N+](=O)[O-])cc1)[C@@H]1C(=O)N[C@H]1CCO. The minimum atomic E-state index is -0.927. The van der Waals surface area contributed by atoms with Crippen LogP contribution in [0.1, 0.15) is 18.9 Å². The molecule has 0 spiro atoms. The highest BCUT2D eigenvalue weighted by molar-refractivity contribution is 5.86. The lowest BCUT2D eigenvalue weighted by atomic mass is 9.84. The van der Waals surface area contributed by atoms with Crippen LogP contribution in [0.15, 0.2) is 24.3 Å². The molecule has 1 saturated heterocycles. The Kier molecular flexibility index (Phi) is 5.69. The van der Waals surface area contributed by atoms with Crippen LogP contribution in [-0.2, 0) is 20.9 Å². The molecule has 0 radical (unpaired) electrons. The molecular formula is C15H18N2O7. The standard InChI is InChI=1S/C15H18N2O7/c1-9(13-12(6-7-18)16-14(13)19)24-15(20)23-8-10-2-4-11(5-3-10)17(21)22/h2-5,9,12-13,18H,6-8H2,1H3,(H,16,19)/t9?,12-,13-/m0/s1. The fourth-order valence-corrected chi connectivity index (χ4v) is 2.50. The van der Waals surface area contributed by atoms with Gasteiger partial charge in [0.1, 0.15) is 12.7 Å². The van der Waals surface area contributed by atoms with E-state index in [4.69, 9.17) is 14.6 Å². The molecule has 9 nitrogen and oxygen atoms in total. The van der Waals surface area contributed by atoms with Gasteiger partial charge in [-0.05, 0) is 31.0 Å². The molecule has 3 atom stereocenters. The fraction of sp³-hybridized carbons (Fsp3) is 0.467. The van der Waals surface area contributed by atoms with Gasteiger partial charge in [-0.15, -0.1) is 0 Å². The van der Waals surface area contributed by atoms with Crippen molar-refractivity contribution >= 4 is 17.7 Å². The number of carbonyl (C=O) groups excluding carboxylic acids is 2. The lowest BCUT2D eigenvalue weighted by Gasteiger charge is -2.39. The van der Waals surface area contributed by atoms with Crippen LogP contribution in [0.3, 0.4) is 0 Å². The Hall–Kier alpha value is -2.68. The van der Waals surface area contributed by atoms with Crippen LogP contribution in [0.25, 0.3) is 0 Å². The van der Waals surface area contributed by atoms with E-state index < -0.39 is 23.1 Å². The largest absolute Gasteiger partial charge is 0.508 e. The van der Waals surface area contributed by atoms with Crippen molar-refractivity contribution in [3.8, 4) is 0 Å². The number of aliphatic hydroxyl groups is 1. The summed E-state index contributed by atoms with van der Waals surface area (Å²) in [5.41, 5.74) is 0.519. The van der Waals surface area contributed by atoms with Gasteiger partial charge in [0.05, 0.1) is 10.8 Å². The van der Waals surface area contributed by atoms with Crippen LogP contribution in [0.4, 0.5) is 10.5 Å². The molecule has 1 fully saturated rings. The Bertz CT molecular complexity index is 617. The van der Waals surface area contributed by atoms with Crippen LogP contribution in [-0.4, -0.2) is 40.8 Å². The molecular weight excluding hydrogens is 320 g/mol.